The summed E-state index contributed by atoms with van der Waals surface area (Å²) >= 11 is 0. The van der Waals surface area contributed by atoms with E-state index in [9.17, 15) is 4.89 Å². The van der Waals surface area contributed by atoms with E-state index >= 15 is 0 Å². The fourth-order valence-electron chi connectivity index (χ4n) is 1.04. The first-order chi connectivity index (χ1) is 6.12. The molecular formula is C9H22O3P+. The van der Waals surface area contributed by atoms with Crippen molar-refractivity contribution in [3.63, 3.8) is 0 Å². The molecule has 1 unspecified atom stereocenters. The monoisotopic (exact) mass is 209 g/mol. The van der Waals surface area contributed by atoms with Gasteiger partial charge in [0, 0.05) is 0 Å². The van der Waals surface area contributed by atoms with Crippen molar-refractivity contribution in [1.82, 2.24) is 0 Å². The average Bonchev–Trinajstić information content (AvgIpc) is 2.04. The highest BCUT2D eigenvalue weighted by Crippen LogP contribution is 2.52. The van der Waals surface area contributed by atoms with Crippen molar-refractivity contribution in [1.29, 1.82) is 0 Å². The topological polar surface area (TPSA) is 38.7 Å². The number of unbranched alkanes of at least 4 members (excludes halogenated alkanes) is 3. The van der Waals surface area contributed by atoms with E-state index in [2.05, 4.69) is 6.92 Å². The van der Waals surface area contributed by atoms with Gasteiger partial charge in [-0.05, 0) is 13.3 Å². The largest absolute Gasteiger partial charge is 0.405 e. The molecular weight excluding hydrogens is 187 g/mol. The Labute approximate surface area is 82.0 Å². The van der Waals surface area contributed by atoms with Crippen LogP contribution in [0.25, 0.3) is 0 Å². The van der Waals surface area contributed by atoms with Crippen LogP contribution in [0, 0.1) is 0 Å². The summed E-state index contributed by atoms with van der Waals surface area (Å²) in [4.78, 5) is 9.54. The third-order valence-electron chi connectivity index (χ3n) is 1.70. The Kier molecular flexibility index (Phi) is 7.87. The summed E-state index contributed by atoms with van der Waals surface area (Å²) in [5.41, 5.74) is 0. The Morgan fingerprint density at radius 2 is 1.77 bits per heavy atom. The molecule has 0 bridgehead atoms. The second kappa shape index (κ2) is 7.69. The highest BCUT2D eigenvalue weighted by molar-refractivity contribution is 7.59. The van der Waals surface area contributed by atoms with Crippen LogP contribution in [0.4, 0.5) is 0 Å². The number of hydrogen-bond donors (Lipinski definition) is 1. The smallest absolute Gasteiger partial charge is 0.193 e. The molecule has 0 aliphatic rings. The minimum Gasteiger partial charge on any atom is -0.193 e. The number of hydrogen-bond acceptors (Lipinski definition) is 3. The maximum absolute atomic E-state index is 9.54. The molecule has 0 rings (SSSR count). The van der Waals surface area contributed by atoms with Gasteiger partial charge in [0.15, 0.2) is 0 Å². The van der Waals surface area contributed by atoms with Crippen LogP contribution in [0.2, 0.25) is 0 Å². The predicted octanol–water partition coefficient (Wildman–Crippen LogP) is 3.00. The van der Waals surface area contributed by atoms with E-state index in [1.165, 1.54) is 19.3 Å². The van der Waals surface area contributed by atoms with Crippen molar-refractivity contribution in [3.8, 4) is 0 Å². The van der Waals surface area contributed by atoms with Gasteiger partial charge in [-0.2, -0.15) is 13.9 Å². The van der Waals surface area contributed by atoms with Gasteiger partial charge in [0.25, 0.3) is 0 Å². The summed E-state index contributed by atoms with van der Waals surface area (Å²) in [5, 5.41) is 0. The Hall–Kier alpha value is 0.310. The lowest BCUT2D eigenvalue weighted by atomic mass is 10.2. The maximum atomic E-state index is 9.54. The fraction of sp³-hybridized carbons (Fsp3) is 1.00. The molecule has 0 aromatic rings. The third-order valence-corrected chi connectivity index (χ3v) is 3.10. The first-order valence-electron chi connectivity index (χ1n) is 5.00. The van der Waals surface area contributed by atoms with E-state index in [-0.39, 0.29) is 0 Å². The zero-order chi connectivity index (χ0) is 10.2. The van der Waals surface area contributed by atoms with Crippen LogP contribution in [0.15, 0.2) is 0 Å². The summed E-state index contributed by atoms with van der Waals surface area (Å²) < 4.78 is 10.3. The fourth-order valence-corrected chi connectivity index (χ4v) is 2.06. The van der Waals surface area contributed by atoms with Gasteiger partial charge >= 0.3 is 7.94 Å². The van der Waals surface area contributed by atoms with Gasteiger partial charge in [-0.1, -0.05) is 26.2 Å². The zero-order valence-corrected chi connectivity index (χ0v) is 9.85. The van der Waals surface area contributed by atoms with Gasteiger partial charge in [-0.3, -0.25) is 0 Å². The highest BCUT2D eigenvalue weighted by Gasteiger charge is 2.32. The molecule has 0 spiro atoms. The molecule has 0 fully saturated rings. The SMILES string of the molecule is CCCCCCO[P+](C)(O)OCC. The molecule has 0 aromatic carbocycles. The van der Waals surface area contributed by atoms with Crippen LogP contribution in [-0.2, 0) is 9.05 Å². The van der Waals surface area contributed by atoms with Crippen molar-refractivity contribution < 1.29 is 13.9 Å². The van der Waals surface area contributed by atoms with Crippen LogP contribution in [0.5, 0.6) is 0 Å². The molecule has 0 amide bonds. The van der Waals surface area contributed by atoms with E-state index in [1.54, 1.807) is 6.66 Å². The Bertz CT molecular complexity index is 117. The molecule has 0 aliphatic carbocycles. The van der Waals surface area contributed by atoms with Crippen molar-refractivity contribution in [3.05, 3.63) is 0 Å². The van der Waals surface area contributed by atoms with Gasteiger partial charge in [-0.15, -0.1) is 0 Å². The standard InChI is InChI=1S/C9H22O3P/c1-4-6-7-8-9-12-13(3,10)11-5-2/h10H,4-9H2,1-3H3/q+1. The van der Waals surface area contributed by atoms with Crippen molar-refractivity contribution in [2.75, 3.05) is 19.9 Å². The van der Waals surface area contributed by atoms with Gasteiger partial charge in [0.2, 0.25) is 0 Å². The van der Waals surface area contributed by atoms with Crippen molar-refractivity contribution >= 4 is 7.94 Å². The third kappa shape index (κ3) is 8.63. The summed E-state index contributed by atoms with van der Waals surface area (Å²) in [7, 11) is -2.49. The van der Waals surface area contributed by atoms with Crippen LogP contribution in [0.3, 0.4) is 0 Å². The zero-order valence-electron chi connectivity index (χ0n) is 8.95. The van der Waals surface area contributed by atoms with Crippen molar-refractivity contribution in [2.24, 2.45) is 0 Å². The van der Waals surface area contributed by atoms with Crippen molar-refractivity contribution in [2.45, 2.75) is 39.5 Å². The van der Waals surface area contributed by atoms with E-state index < -0.39 is 7.94 Å². The Morgan fingerprint density at radius 1 is 1.08 bits per heavy atom. The Morgan fingerprint density at radius 3 is 2.31 bits per heavy atom. The lowest BCUT2D eigenvalue weighted by molar-refractivity contribution is 0.184. The van der Waals surface area contributed by atoms with Gasteiger partial charge in [0.1, 0.15) is 6.66 Å². The summed E-state index contributed by atoms with van der Waals surface area (Å²) in [6.07, 6.45) is 4.63. The average molecular weight is 209 g/mol. The molecule has 0 radical (unpaired) electrons. The van der Waals surface area contributed by atoms with Crippen LogP contribution >= 0.6 is 7.94 Å². The molecule has 0 saturated heterocycles. The molecule has 4 heteroatoms. The maximum Gasteiger partial charge on any atom is 0.405 e. The summed E-state index contributed by atoms with van der Waals surface area (Å²) in [6, 6.07) is 0. The predicted molar refractivity (Wildman–Crippen MR) is 56.8 cm³/mol. The minimum absolute atomic E-state index is 0.510. The minimum atomic E-state index is -2.49. The van der Waals surface area contributed by atoms with Crippen LogP contribution in [-0.4, -0.2) is 24.8 Å². The Balaban J connectivity index is 3.29. The van der Waals surface area contributed by atoms with E-state index in [4.69, 9.17) is 9.05 Å². The second-order valence-corrected chi connectivity index (χ2v) is 5.24. The number of rotatable bonds is 8. The van der Waals surface area contributed by atoms with Crippen LogP contribution < -0.4 is 0 Å². The highest BCUT2D eigenvalue weighted by atomic mass is 31.2. The molecule has 1 N–H and O–H groups in total. The molecule has 80 valence electrons. The molecule has 0 saturated carbocycles. The molecule has 1 atom stereocenters. The quantitative estimate of drug-likeness (QED) is 0.493. The molecule has 13 heavy (non-hydrogen) atoms. The van der Waals surface area contributed by atoms with Gasteiger partial charge in [0.05, 0.1) is 13.2 Å². The summed E-state index contributed by atoms with van der Waals surface area (Å²) in [6.45, 7) is 6.78. The molecule has 3 nitrogen and oxygen atoms in total. The van der Waals surface area contributed by atoms with Gasteiger partial charge < -0.3 is 0 Å². The van der Waals surface area contributed by atoms with E-state index in [0.29, 0.717) is 13.2 Å². The van der Waals surface area contributed by atoms with E-state index in [1.807, 2.05) is 6.92 Å². The normalized spacial score (nSPS) is 15.7. The first-order valence-corrected chi connectivity index (χ1v) is 7.03. The lowest BCUT2D eigenvalue weighted by Crippen LogP contribution is -2.02. The lowest BCUT2D eigenvalue weighted by Gasteiger charge is -2.11. The first kappa shape index (κ1) is 13.3. The van der Waals surface area contributed by atoms with Gasteiger partial charge in [-0.25, -0.2) is 0 Å². The molecule has 0 aromatic heterocycles. The van der Waals surface area contributed by atoms with E-state index in [0.717, 1.165) is 6.42 Å². The molecule has 0 heterocycles. The second-order valence-electron chi connectivity index (χ2n) is 3.11. The summed E-state index contributed by atoms with van der Waals surface area (Å²) in [5.74, 6) is 0. The van der Waals surface area contributed by atoms with Crippen LogP contribution in [0.1, 0.15) is 39.5 Å². The molecule has 0 aliphatic heterocycles.